The maximum absolute atomic E-state index is 14.1. The largest absolute Gasteiger partial charge is 0.481 e. The lowest BCUT2D eigenvalue weighted by Crippen LogP contribution is -2.48. The van der Waals surface area contributed by atoms with Gasteiger partial charge in [-0.3, -0.25) is 48.3 Å². The highest BCUT2D eigenvalue weighted by Crippen LogP contribution is 2.21. The van der Waals surface area contributed by atoms with Crippen molar-refractivity contribution in [2.24, 2.45) is 28.3 Å². The van der Waals surface area contributed by atoms with Gasteiger partial charge in [0.25, 0.3) is 0 Å². The number of rotatable bonds is 32. The summed E-state index contributed by atoms with van der Waals surface area (Å²) in [6, 6.07) is 14.4. The lowest BCUT2D eigenvalue weighted by Gasteiger charge is -2.24. The molecule has 0 aliphatic heterocycles. The first kappa shape index (κ1) is 55.8. The number of hydrogen-bond donors (Lipinski definition) is 9. The van der Waals surface area contributed by atoms with E-state index < -0.39 is 84.7 Å². The van der Waals surface area contributed by atoms with Crippen molar-refractivity contribution in [1.29, 1.82) is 0 Å². The number of aliphatic carboxylic acids is 2. The first-order valence-electron chi connectivity index (χ1n) is 22.9. The Morgan fingerprint density at radius 3 is 2.00 bits per heavy atom. The van der Waals surface area contributed by atoms with Crippen molar-refractivity contribution in [2.45, 2.75) is 116 Å². The summed E-state index contributed by atoms with van der Waals surface area (Å²) >= 11 is 0. The number of carboxylic acid groups (broad SMARTS) is 2. The zero-order valence-electron chi connectivity index (χ0n) is 39.2. The smallest absolute Gasteiger partial charge is 0.323 e. The van der Waals surface area contributed by atoms with Gasteiger partial charge in [0.15, 0.2) is 5.78 Å². The number of para-hydroxylation sites is 1. The third-order valence-corrected chi connectivity index (χ3v) is 11.1. The van der Waals surface area contributed by atoms with Crippen LogP contribution in [-0.2, 0) is 51.2 Å². The Bertz CT molecular complexity index is 2250. The molecule has 0 radical (unpaired) electrons. The van der Waals surface area contributed by atoms with Crippen LogP contribution in [0.15, 0.2) is 78.0 Å². The average Bonchev–Trinajstić information content (AvgIpc) is 3.30. The minimum atomic E-state index is -1.45. The predicted molar refractivity (Wildman–Crippen MR) is 258 cm³/mol. The molecule has 0 saturated heterocycles. The molecule has 6 amide bonds. The van der Waals surface area contributed by atoms with Crippen LogP contribution in [0.25, 0.3) is 0 Å². The number of nitrogens with zero attached hydrogens (tertiary/aromatic N) is 2. The van der Waals surface area contributed by atoms with E-state index in [1.807, 2.05) is 25.1 Å². The summed E-state index contributed by atoms with van der Waals surface area (Å²) in [7, 11) is 0. The normalized spacial score (nSPS) is 12.9. The summed E-state index contributed by atoms with van der Waals surface area (Å²) in [5.74, 6) is -8.22. The highest BCUT2D eigenvalue weighted by molar-refractivity contribution is 6.00. The van der Waals surface area contributed by atoms with Crippen molar-refractivity contribution < 1.29 is 53.4 Å². The average molecular weight is 956 g/mol. The second-order valence-electron chi connectivity index (χ2n) is 16.8. The van der Waals surface area contributed by atoms with Gasteiger partial charge in [0.2, 0.25) is 23.6 Å². The zero-order chi connectivity index (χ0) is 50.7. The van der Waals surface area contributed by atoms with Gasteiger partial charge in [0.1, 0.15) is 11.8 Å². The van der Waals surface area contributed by atoms with E-state index in [9.17, 15) is 53.4 Å². The highest BCUT2D eigenvalue weighted by Gasteiger charge is 2.32. The van der Waals surface area contributed by atoms with Crippen molar-refractivity contribution in [3.05, 3.63) is 89.7 Å². The third kappa shape index (κ3) is 22.7. The predicted octanol–water partition coefficient (Wildman–Crippen LogP) is 3.99. The number of carbonyl (C=O) groups excluding carboxylic acids is 7. The summed E-state index contributed by atoms with van der Waals surface area (Å²) in [5.41, 5.74) is 14.6. The first-order chi connectivity index (χ1) is 32.9. The van der Waals surface area contributed by atoms with Gasteiger partial charge >= 0.3 is 18.0 Å². The van der Waals surface area contributed by atoms with Crippen LogP contribution in [0.4, 0.5) is 16.2 Å². The van der Waals surface area contributed by atoms with E-state index in [4.69, 9.17) is 11.5 Å². The molecule has 69 heavy (non-hydrogen) atoms. The number of unbranched alkanes of at least 4 members (excludes halogenated alkanes) is 1. The van der Waals surface area contributed by atoms with Crippen LogP contribution in [-0.4, -0.2) is 99.4 Å². The van der Waals surface area contributed by atoms with E-state index in [0.29, 0.717) is 48.5 Å². The number of nitrogens with two attached hydrogens (primary N) is 2. The van der Waals surface area contributed by atoms with Gasteiger partial charge in [0.05, 0.1) is 11.9 Å². The van der Waals surface area contributed by atoms with Gasteiger partial charge in [-0.05, 0) is 99.7 Å². The molecular weight excluding hydrogens is 891 g/mol. The van der Waals surface area contributed by atoms with Crippen LogP contribution in [0.2, 0.25) is 0 Å². The lowest BCUT2D eigenvalue weighted by molar-refractivity contribution is -0.140. The van der Waals surface area contributed by atoms with Crippen LogP contribution >= 0.6 is 0 Å². The number of amidine groups is 1. The number of benzene rings is 2. The number of Topliss-reactive ketones (excluding diaryl/α,β-unsaturated/α-hetero) is 2. The number of aromatic nitrogens is 1. The standard InChI is InChI=1S/C49H65N9O11/c1-31-9-3-4-12-39(31)58-49(69)55-37-18-14-33(15-19-37)27-38(59)28-35(11-5-6-25-54-43(61)21-16-34-10-7-24-52-30-34)47(67)56-40(20-23-45(64)65)42(60)29-36(17-22-44(62)63)48(68)57-41(46(51)66)13-8-26-53-32(2)50/h3-4,7,9-10,12,14-15,18-19,24,30,35-36,40-41H,5-6,8,11,13,16-17,20-23,25-29H2,1-2H3,(H2,50,53)(H2,51,66)(H,54,61)(H,56,67)(H,57,68)(H,62,63)(H,64,65)(H2,55,58,69)/t35-,36-,40+,41+/m1/s1. The Morgan fingerprint density at radius 2 is 1.36 bits per heavy atom. The molecule has 0 fully saturated rings. The lowest BCUT2D eigenvalue weighted by atomic mass is 9.89. The Hall–Kier alpha value is -7.51. The molecule has 0 aliphatic rings. The van der Waals surface area contributed by atoms with Gasteiger partial charge in [-0.15, -0.1) is 0 Å². The van der Waals surface area contributed by atoms with Crippen molar-refractivity contribution in [3.63, 3.8) is 0 Å². The minimum Gasteiger partial charge on any atom is -0.481 e. The van der Waals surface area contributed by atoms with Crippen LogP contribution in [0.1, 0.15) is 101 Å². The van der Waals surface area contributed by atoms with Crippen LogP contribution in [0.3, 0.4) is 0 Å². The molecule has 0 bridgehead atoms. The fraction of sp³-hybridized carbons (Fsp3) is 0.449. The molecule has 2 aromatic carbocycles. The van der Waals surface area contributed by atoms with Gasteiger partial charge < -0.3 is 48.3 Å². The Balaban J connectivity index is 1.75. The SMILES string of the molecule is CC(N)=NCCC[C@H](NC(=O)[C@H](CCC(=O)O)CC(=O)[C@H](CCC(=O)O)NC(=O)[C@H](CCCCNC(=O)CCc1cccnc1)CC(=O)Cc1ccc(NC(=O)Nc2ccccc2C)cc1)C(N)=O. The Morgan fingerprint density at radius 1 is 0.696 bits per heavy atom. The molecule has 1 aromatic heterocycles. The van der Waals surface area contributed by atoms with E-state index >= 15 is 0 Å². The fourth-order valence-corrected chi connectivity index (χ4v) is 7.25. The second-order valence-corrected chi connectivity index (χ2v) is 16.8. The number of amides is 6. The monoisotopic (exact) mass is 955 g/mol. The van der Waals surface area contributed by atoms with Crippen molar-refractivity contribution in [3.8, 4) is 0 Å². The molecule has 372 valence electrons. The topological polar surface area (TPSA) is 332 Å². The molecule has 20 heteroatoms. The summed E-state index contributed by atoms with van der Waals surface area (Å²) in [4.78, 5) is 124. The maximum atomic E-state index is 14.1. The number of pyridine rings is 1. The Labute approximate surface area is 401 Å². The molecule has 3 rings (SSSR count). The molecule has 4 atom stereocenters. The molecule has 3 aromatic rings. The third-order valence-electron chi connectivity index (χ3n) is 11.1. The molecule has 11 N–H and O–H groups in total. The summed E-state index contributed by atoms with van der Waals surface area (Å²) < 4.78 is 0. The van der Waals surface area contributed by atoms with Crippen LogP contribution < -0.4 is 38.1 Å². The number of anilines is 2. The Kier molecular flexibility index (Phi) is 24.3. The van der Waals surface area contributed by atoms with Crippen LogP contribution in [0, 0.1) is 18.8 Å². The first-order valence-corrected chi connectivity index (χ1v) is 22.9. The van der Waals surface area contributed by atoms with Crippen molar-refractivity contribution in [1.82, 2.24) is 20.9 Å². The summed E-state index contributed by atoms with van der Waals surface area (Å²) in [5, 5.41) is 32.5. The number of aryl methyl sites for hydroxylation is 2. The number of nitrogens with one attached hydrogen (secondary N) is 5. The van der Waals surface area contributed by atoms with Gasteiger partial charge in [-0.1, -0.05) is 42.8 Å². The molecule has 0 spiro atoms. The summed E-state index contributed by atoms with van der Waals surface area (Å²) in [6.45, 7) is 3.97. The molecule has 0 unspecified atom stereocenters. The second kappa shape index (κ2) is 30.0. The maximum Gasteiger partial charge on any atom is 0.323 e. The molecule has 0 aliphatic carbocycles. The highest BCUT2D eigenvalue weighted by atomic mass is 16.4. The van der Waals surface area contributed by atoms with Crippen molar-refractivity contribution >= 4 is 70.4 Å². The van der Waals surface area contributed by atoms with E-state index in [1.54, 1.807) is 61.8 Å². The number of aliphatic imine (C=N–C) groups is 1. The molecule has 20 nitrogen and oxygen atoms in total. The number of carbonyl (C=O) groups is 9. The van der Waals surface area contributed by atoms with Crippen molar-refractivity contribution in [2.75, 3.05) is 23.7 Å². The van der Waals surface area contributed by atoms with E-state index in [2.05, 4.69) is 36.6 Å². The van der Waals surface area contributed by atoms with Gasteiger partial charge in [-0.25, -0.2) is 4.79 Å². The number of urea groups is 1. The molecular formula is C49H65N9O11. The minimum absolute atomic E-state index is 0.0730. The van der Waals surface area contributed by atoms with Gasteiger partial charge in [-0.2, -0.15) is 0 Å². The van der Waals surface area contributed by atoms with Crippen LogP contribution in [0.5, 0.6) is 0 Å². The van der Waals surface area contributed by atoms with E-state index in [-0.39, 0.29) is 69.7 Å². The number of ketones is 2. The number of primary amides is 1. The zero-order valence-corrected chi connectivity index (χ0v) is 39.2. The van der Waals surface area contributed by atoms with E-state index in [1.165, 1.54) is 0 Å². The quantitative estimate of drug-likeness (QED) is 0.0243. The van der Waals surface area contributed by atoms with Gasteiger partial charge in [0, 0.05) is 87.2 Å². The molecule has 0 saturated carbocycles. The fourth-order valence-electron chi connectivity index (χ4n) is 7.25. The number of hydrogen-bond acceptors (Lipinski definition) is 11. The number of carboxylic acids is 2. The van der Waals surface area contributed by atoms with E-state index in [0.717, 1.165) is 11.1 Å². The summed E-state index contributed by atoms with van der Waals surface area (Å²) in [6.07, 6.45) is 2.65. The molecule has 1 heterocycles.